The summed E-state index contributed by atoms with van der Waals surface area (Å²) < 4.78 is 0. The summed E-state index contributed by atoms with van der Waals surface area (Å²) in [5.74, 6) is 0. The second-order valence-electron chi connectivity index (χ2n) is 4.24. The molecule has 2 aromatic rings. The monoisotopic (exact) mass is 257 g/mol. The van der Waals surface area contributed by atoms with Crippen LogP contribution < -0.4 is 11.1 Å². The van der Waals surface area contributed by atoms with E-state index in [-0.39, 0.29) is 0 Å². The summed E-state index contributed by atoms with van der Waals surface area (Å²) >= 11 is 1.76. The number of thiophene rings is 1. The fourth-order valence-corrected chi connectivity index (χ4v) is 2.64. The van der Waals surface area contributed by atoms with Crippen molar-refractivity contribution in [3.05, 3.63) is 46.2 Å². The largest absolute Gasteiger partial charge is 0.398 e. The highest BCUT2D eigenvalue weighted by Gasteiger charge is 2.06. The van der Waals surface area contributed by atoms with Gasteiger partial charge in [0.15, 0.2) is 0 Å². The maximum Gasteiger partial charge on any atom is 0.101 e. The molecular formula is C14H15N3S. The predicted octanol–water partition coefficient (Wildman–Crippen LogP) is 3.25. The van der Waals surface area contributed by atoms with Gasteiger partial charge in [-0.1, -0.05) is 6.07 Å². The van der Waals surface area contributed by atoms with Gasteiger partial charge >= 0.3 is 0 Å². The van der Waals surface area contributed by atoms with Crippen molar-refractivity contribution in [2.24, 2.45) is 0 Å². The molecule has 1 aromatic heterocycles. The van der Waals surface area contributed by atoms with E-state index in [2.05, 4.69) is 35.8 Å². The van der Waals surface area contributed by atoms with Crippen LogP contribution in [0.25, 0.3) is 0 Å². The van der Waals surface area contributed by atoms with E-state index in [1.54, 1.807) is 23.5 Å². The molecule has 2 rings (SSSR count). The quantitative estimate of drug-likeness (QED) is 0.826. The van der Waals surface area contributed by atoms with Gasteiger partial charge in [-0.25, -0.2) is 0 Å². The standard InChI is InChI=1S/C14H15N3S/c1-10(7-13-3-2-6-18-13)17-12-4-5-14(16)11(8-12)9-15/h2-6,8,10,17H,7,16H2,1H3. The fraction of sp³-hybridized carbons (Fsp3) is 0.214. The van der Waals surface area contributed by atoms with Crippen LogP contribution in [0.5, 0.6) is 0 Å². The third-order valence-electron chi connectivity index (χ3n) is 2.67. The van der Waals surface area contributed by atoms with Gasteiger partial charge in [-0.3, -0.25) is 0 Å². The Balaban J connectivity index is 2.03. The molecule has 0 radical (unpaired) electrons. The number of nitriles is 1. The van der Waals surface area contributed by atoms with Crippen molar-refractivity contribution < 1.29 is 0 Å². The van der Waals surface area contributed by atoms with Gasteiger partial charge in [-0.2, -0.15) is 5.26 Å². The Hall–Kier alpha value is -1.99. The lowest BCUT2D eigenvalue weighted by atomic mass is 10.1. The number of nitrogen functional groups attached to an aromatic ring is 1. The average Bonchev–Trinajstić information content (AvgIpc) is 2.84. The highest BCUT2D eigenvalue weighted by atomic mass is 32.1. The van der Waals surface area contributed by atoms with Gasteiger partial charge in [-0.05, 0) is 36.6 Å². The Morgan fingerprint density at radius 2 is 2.28 bits per heavy atom. The van der Waals surface area contributed by atoms with Gasteiger partial charge in [0.1, 0.15) is 6.07 Å². The molecule has 0 aliphatic rings. The van der Waals surface area contributed by atoms with Gasteiger partial charge in [0.25, 0.3) is 0 Å². The number of hydrogen-bond acceptors (Lipinski definition) is 4. The third-order valence-corrected chi connectivity index (χ3v) is 3.57. The molecule has 0 saturated heterocycles. The summed E-state index contributed by atoms with van der Waals surface area (Å²) in [6.07, 6.45) is 0.976. The molecule has 0 aliphatic carbocycles. The van der Waals surface area contributed by atoms with Crippen molar-refractivity contribution in [3.8, 4) is 6.07 Å². The van der Waals surface area contributed by atoms with Crippen molar-refractivity contribution in [3.63, 3.8) is 0 Å². The van der Waals surface area contributed by atoms with Gasteiger partial charge in [0.2, 0.25) is 0 Å². The van der Waals surface area contributed by atoms with E-state index in [9.17, 15) is 0 Å². The Morgan fingerprint density at radius 3 is 2.94 bits per heavy atom. The summed E-state index contributed by atoms with van der Waals surface area (Å²) in [6.45, 7) is 2.13. The van der Waals surface area contributed by atoms with Crippen LogP contribution in [-0.4, -0.2) is 6.04 Å². The first kappa shape index (κ1) is 12.5. The molecule has 3 N–H and O–H groups in total. The normalized spacial score (nSPS) is 11.8. The van der Waals surface area contributed by atoms with Crippen LogP contribution in [0.1, 0.15) is 17.4 Å². The number of benzene rings is 1. The molecule has 0 saturated carbocycles. The lowest BCUT2D eigenvalue weighted by Crippen LogP contribution is -2.17. The van der Waals surface area contributed by atoms with Crippen LogP contribution in [0.2, 0.25) is 0 Å². The van der Waals surface area contributed by atoms with Crippen LogP contribution in [0, 0.1) is 11.3 Å². The van der Waals surface area contributed by atoms with E-state index >= 15 is 0 Å². The highest BCUT2D eigenvalue weighted by Crippen LogP contribution is 2.19. The summed E-state index contributed by atoms with van der Waals surface area (Å²) in [6, 6.07) is 12.1. The molecule has 0 spiro atoms. The fourth-order valence-electron chi connectivity index (χ4n) is 1.81. The van der Waals surface area contributed by atoms with E-state index in [0.717, 1.165) is 12.1 Å². The minimum Gasteiger partial charge on any atom is -0.398 e. The highest BCUT2D eigenvalue weighted by molar-refractivity contribution is 7.09. The van der Waals surface area contributed by atoms with Gasteiger partial charge < -0.3 is 11.1 Å². The summed E-state index contributed by atoms with van der Waals surface area (Å²) in [7, 11) is 0. The molecule has 1 atom stereocenters. The molecule has 1 heterocycles. The summed E-state index contributed by atoms with van der Waals surface area (Å²) in [5, 5.41) is 14.4. The molecule has 4 heteroatoms. The zero-order valence-corrected chi connectivity index (χ0v) is 11.0. The first-order valence-corrected chi connectivity index (χ1v) is 6.65. The lowest BCUT2D eigenvalue weighted by molar-refractivity contribution is 0.800. The van der Waals surface area contributed by atoms with Crippen molar-refractivity contribution in [2.45, 2.75) is 19.4 Å². The third kappa shape index (κ3) is 3.02. The Bertz CT molecular complexity index is 555. The molecule has 0 fully saturated rings. The predicted molar refractivity (Wildman–Crippen MR) is 76.7 cm³/mol. The number of nitrogens with two attached hydrogens (primary N) is 1. The minimum atomic E-state index is 0.318. The smallest absolute Gasteiger partial charge is 0.101 e. The van der Waals surface area contributed by atoms with Gasteiger partial charge in [0.05, 0.1) is 5.56 Å². The van der Waals surface area contributed by atoms with E-state index in [4.69, 9.17) is 11.0 Å². The minimum absolute atomic E-state index is 0.318. The van der Waals surface area contributed by atoms with E-state index < -0.39 is 0 Å². The second kappa shape index (κ2) is 5.56. The molecule has 0 aliphatic heterocycles. The zero-order valence-electron chi connectivity index (χ0n) is 10.2. The van der Waals surface area contributed by atoms with E-state index in [0.29, 0.717) is 17.3 Å². The van der Waals surface area contributed by atoms with Crippen LogP contribution in [0.4, 0.5) is 11.4 Å². The van der Waals surface area contributed by atoms with Gasteiger partial charge in [0, 0.05) is 28.7 Å². The van der Waals surface area contributed by atoms with Crippen molar-refractivity contribution in [2.75, 3.05) is 11.1 Å². The topological polar surface area (TPSA) is 61.8 Å². The number of rotatable bonds is 4. The SMILES string of the molecule is CC(Cc1cccs1)Nc1ccc(N)c(C#N)c1. The first-order chi connectivity index (χ1) is 8.69. The molecule has 3 nitrogen and oxygen atoms in total. The number of nitrogens with one attached hydrogen (secondary N) is 1. The summed E-state index contributed by atoms with van der Waals surface area (Å²) in [5.41, 5.74) is 7.67. The van der Waals surface area contributed by atoms with Crippen molar-refractivity contribution >= 4 is 22.7 Å². The Labute approximate surface area is 111 Å². The first-order valence-electron chi connectivity index (χ1n) is 5.77. The molecule has 0 amide bonds. The lowest BCUT2D eigenvalue weighted by Gasteiger charge is -2.15. The zero-order chi connectivity index (χ0) is 13.0. The molecule has 1 unspecified atom stereocenters. The molecule has 18 heavy (non-hydrogen) atoms. The maximum absolute atomic E-state index is 8.93. The molecular weight excluding hydrogens is 242 g/mol. The van der Waals surface area contributed by atoms with Crippen molar-refractivity contribution in [1.82, 2.24) is 0 Å². The Morgan fingerprint density at radius 1 is 1.44 bits per heavy atom. The number of anilines is 2. The van der Waals surface area contributed by atoms with Crippen LogP contribution >= 0.6 is 11.3 Å². The van der Waals surface area contributed by atoms with Crippen LogP contribution in [-0.2, 0) is 6.42 Å². The van der Waals surface area contributed by atoms with Crippen LogP contribution in [0.15, 0.2) is 35.7 Å². The maximum atomic E-state index is 8.93. The van der Waals surface area contributed by atoms with Crippen molar-refractivity contribution in [1.29, 1.82) is 5.26 Å². The Kier molecular flexibility index (Phi) is 3.85. The average molecular weight is 257 g/mol. The van der Waals surface area contributed by atoms with E-state index in [1.807, 2.05) is 6.07 Å². The molecule has 92 valence electrons. The van der Waals surface area contributed by atoms with E-state index in [1.165, 1.54) is 4.88 Å². The van der Waals surface area contributed by atoms with Gasteiger partial charge in [-0.15, -0.1) is 11.3 Å². The molecule has 1 aromatic carbocycles. The second-order valence-corrected chi connectivity index (χ2v) is 5.27. The van der Waals surface area contributed by atoms with Crippen LogP contribution in [0.3, 0.4) is 0 Å². The molecule has 0 bridgehead atoms. The number of nitrogens with zero attached hydrogens (tertiary/aromatic N) is 1. The number of hydrogen-bond donors (Lipinski definition) is 2. The summed E-state index contributed by atoms with van der Waals surface area (Å²) in [4.78, 5) is 1.35.